The maximum Gasteiger partial charge on any atom is 0.344 e. The van der Waals surface area contributed by atoms with E-state index >= 15 is 0 Å². The summed E-state index contributed by atoms with van der Waals surface area (Å²) in [5.41, 5.74) is 0.710. The summed E-state index contributed by atoms with van der Waals surface area (Å²) < 4.78 is 21.3. The van der Waals surface area contributed by atoms with E-state index in [1.807, 2.05) is 30.3 Å². The molecule has 30 heavy (non-hydrogen) atoms. The lowest BCUT2D eigenvalue weighted by atomic mass is 10.3. The molecule has 4 aromatic rings. The average Bonchev–Trinajstić information content (AvgIpc) is 3.28. The minimum Gasteiger partial charge on any atom is -0.482 e. The number of nitrogens with zero attached hydrogens (tertiary/aromatic N) is 3. The number of hydrogen-bond acceptors (Lipinski definition) is 8. The molecule has 150 valence electrons. The van der Waals surface area contributed by atoms with Gasteiger partial charge in [-0.25, -0.2) is 4.79 Å². The maximum atomic E-state index is 11.9. The summed E-state index contributed by atoms with van der Waals surface area (Å²) in [4.78, 5) is 20.1. The normalized spacial score (nSPS) is 10.4. The van der Waals surface area contributed by atoms with Gasteiger partial charge >= 0.3 is 5.97 Å². The molecule has 4 rings (SSSR count). The van der Waals surface area contributed by atoms with Crippen LogP contribution in [0.25, 0.3) is 11.4 Å². The molecule has 2 aromatic carbocycles. The fraction of sp³-hybridized carbons (Fsp3) is 0.0909. The number of benzene rings is 2. The van der Waals surface area contributed by atoms with Gasteiger partial charge in [-0.15, -0.1) is 0 Å². The number of carbonyl (C=O) groups is 1. The lowest BCUT2D eigenvalue weighted by molar-refractivity contribution is -0.148. The Morgan fingerprint density at radius 1 is 0.900 bits per heavy atom. The molecule has 2 aromatic heterocycles. The van der Waals surface area contributed by atoms with Crippen molar-refractivity contribution in [2.75, 3.05) is 6.61 Å². The SMILES string of the molecule is O=C(COc1ccc(Oc2ccccc2)cc1)OCc1nc(-c2cccnc2)no1. The Bertz CT molecular complexity index is 1080. The standard InChI is InChI=1S/C22H17N3O5/c26-21(28-14-20-24-22(25-30-20)16-5-4-12-23-13-16)15-27-17-8-10-19(11-9-17)29-18-6-2-1-3-7-18/h1-13H,14-15H2. The lowest BCUT2D eigenvalue weighted by Crippen LogP contribution is -2.14. The summed E-state index contributed by atoms with van der Waals surface area (Å²) in [6.45, 7) is -0.387. The molecule has 0 fully saturated rings. The van der Waals surface area contributed by atoms with Crippen LogP contribution in [-0.4, -0.2) is 27.7 Å². The number of pyridine rings is 1. The van der Waals surface area contributed by atoms with Crippen LogP contribution in [0.4, 0.5) is 0 Å². The van der Waals surface area contributed by atoms with Crippen molar-refractivity contribution in [1.82, 2.24) is 15.1 Å². The molecule has 0 saturated carbocycles. The molecule has 0 saturated heterocycles. The van der Waals surface area contributed by atoms with Gasteiger partial charge in [-0.2, -0.15) is 4.98 Å². The van der Waals surface area contributed by atoms with Gasteiger partial charge in [-0.1, -0.05) is 23.4 Å². The van der Waals surface area contributed by atoms with E-state index in [2.05, 4.69) is 15.1 Å². The van der Waals surface area contributed by atoms with Crippen molar-refractivity contribution in [3.63, 3.8) is 0 Å². The lowest BCUT2D eigenvalue weighted by Gasteiger charge is -2.08. The number of para-hydroxylation sites is 1. The summed E-state index contributed by atoms with van der Waals surface area (Å²) >= 11 is 0. The summed E-state index contributed by atoms with van der Waals surface area (Å²) in [7, 11) is 0. The summed E-state index contributed by atoms with van der Waals surface area (Å²) in [6.07, 6.45) is 3.26. The molecule has 0 aliphatic carbocycles. The van der Waals surface area contributed by atoms with Crippen molar-refractivity contribution in [3.8, 4) is 28.6 Å². The molecule has 0 spiro atoms. The molecule has 2 heterocycles. The van der Waals surface area contributed by atoms with Gasteiger partial charge in [0, 0.05) is 18.0 Å². The van der Waals surface area contributed by atoms with Crippen molar-refractivity contribution in [2.24, 2.45) is 0 Å². The predicted molar refractivity (Wildman–Crippen MR) is 106 cm³/mol. The Morgan fingerprint density at radius 3 is 2.43 bits per heavy atom. The van der Waals surface area contributed by atoms with Crippen LogP contribution in [-0.2, 0) is 16.1 Å². The van der Waals surface area contributed by atoms with Crippen LogP contribution >= 0.6 is 0 Å². The van der Waals surface area contributed by atoms with Gasteiger partial charge in [-0.05, 0) is 48.5 Å². The topological polar surface area (TPSA) is 96.6 Å². The third-order valence-electron chi connectivity index (χ3n) is 3.90. The van der Waals surface area contributed by atoms with E-state index in [4.69, 9.17) is 18.7 Å². The first-order valence-corrected chi connectivity index (χ1v) is 9.11. The largest absolute Gasteiger partial charge is 0.482 e. The van der Waals surface area contributed by atoms with Crippen LogP contribution < -0.4 is 9.47 Å². The fourth-order valence-corrected chi connectivity index (χ4v) is 2.48. The van der Waals surface area contributed by atoms with Crippen molar-refractivity contribution in [3.05, 3.63) is 85.0 Å². The summed E-state index contributed by atoms with van der Waals surface area (Å²) in [5, 5.41) is 3.84. The smallest absolute Gasteiger partial charge is 0.344 e. The Morgan fingerprint density at radius 2 is 1.67 bits per heavy atom. The number of rotatable bonds is 8. The van der Waals surface area contributed by atoms with E-state index in [-0.39, 0.29) is 19.1 Å². The first kappa shape index (κ1) is 19.1. The molecule has 8 nitrogen and oxygen atoms in total. The monoisotopic (exact) mass is 403 g/mol. The third-order valence-corrected chi connectivity index (χ3v) is 3.90. The first-order valence-electron chi connectivity index (χ1n) is 9.11. The number of ether oxygens (including phenoxy) is 3. The van der Waals surface area contributed by atoms with Crippen LogP contribution in [0.3, 0.4) is 0 Å². The molecule has 8 heteroatoms. The predicted octanol–water partition coefficient (Wildman–Crippen LogP) is 4.05. The Balaban J connectivity index is 1.23. The highest BCUT2D eigenvalue weighted by Crippen LogP contribution is 2.23. The second-order valence-electron chi connectivity index (χ2n) is 6.09. The highest BCUT2D eigenvalue weighted by Gasteiger charge is 2.12. The molecule has 0 amide bonds. The maximum absolute atomic E-state index is 11.9. The second-order valence-corrected chi connectivity index (χ2v) is 6.09. The number of carbonyl (C=O) groups excluding carboxylic acids is 1. The second kappa shape index (κ2) is 9.33. The van der Waals surface area contributed by atoms with Gasteiger partial charge in [0.1, 0.15) is 17.2 Å². The van der Waals surface area contributed by atoms with Crippen molar-refractivity contribution < 1.29 is 23.5 Å². The van der Waals surface area contributed by atoms with Crippen molar-refractivity contribution >= 4 is 5.97 Å². The summed E-state index contributed by atoms with van der Waals surface area (Å²) in [5.74, 6) is 1.93. The highest BCUT2D eigenvalue weighted by molar-refractivity contribution is 5.71. The zero-order chi connectivity index (χ0) is 20.6. The molecule has 0 radical (unpaired) electrons. The van der Waals surface area contributed by atoms with Crippen LogP contribution in [0.15, 0.2) is 83.6 Å². The quantitative estimate of drug-likeness (QED) is 0.407. The molecular formula is C22H17N3O5. The summed E-state index contributed by atoms with van der Waals surface area (Å²) in [6, 6.07) is 19.9. The van der Waals surface area contributed by atoms with E-state index in [9.17, 15) is 4.79 Å². The number of esters is 1. The molecule has 0 bridgehead atoms. The van der Waals surface area contributed by atoms with Crippen LogP contribution in [0, 0.1) is 0 Å². The van der Waals surface area contributed by atoms with E-state index in [0.717, 1.165) is 5.75 Å². The van der Waals surface area contributed by atoms with Gasteiger partial charge in [0.25, 0.3) is 5.89 Å². The zero-order valence-corrected chi connectivity index (χ0v) is 15.8. The van der Waals surface area contributed by atoms with E-state index in [1.165, 1.54) is 0 Å². The Kier molecular flexibility index (Phi) is 5.95. The minimum absolute atomic E-state index is 0.140. The van der Waals surface area contributed by atoms with Crippen molar-refractivity contribution in [2.45, 2.75) is 6.61 Å². The van der Waals surface area contributed by atoms with E-state index < -0.39 is 5.97 Å². The number of aromatic nitrogens is 3. The van der Waals surface area contributed by atoms with Gasteiger partial charge in [-0.3, -0.25) is 4.98 Å². The Labute approximate surface area is 172 Å². The molecule has 0 aliphatic heterocycles. The minimum atomic E-state index is -0.555. The van der Waals surface area contributed by atoms with Gasteiger partial charge < -0.3 is 18.7 Å². The number of hydrogen-bond donors (Lipinski definition) is 0. The average molecular weight is 403 g/mol. The van der Waals surface area contributed by atoms with E-state index in [0.29, 0.717) is 22.9 Å². The van der Waals surface area contributed by atoms with Gasteiger partial charge in [0.15, 0.2) is 13.2 Å². The van der Waals surface area contributed by atoms with Crippen LogP contribution in [0.1, 0.15) is 5.89 Å². The molecule has 0 atom stereocenters. The van der Waals surface area contributed by atoms with E-state index in [1.54, 1.807) is 48.8 Å². The van der Waals surface area contributed by atoms with Crippen LogP contribution in [0.2, 0.25) is 0 Å². The Hall–Kier alpha value is -4.20. The third kappa shape index (κ3) is 5.20. The molecule has 0 unspecified atom stereocenters. The molecule has 0 N–H and O–H groups in total. The van der Waals surface area contributed by atoms with Gasteiger partial charge in [0.2, 0.25) is 5.82 Å². The van der Waals surface area contributed by atoms with Crippen LogP contribution in [0.5, 0.6) is 17.2 Å². The first-order chi connectivity index (χ1) is 14.8. The molecular weight excluding hydrogens is 386 g/mol. The van der Waals surface area contributed by atoms with Crippen molar-refractivity contribution in [1.29, 1.82) is 0 Å². The highest BCUT2D eigenvalue weighted by atomic mass is 16.6. The van der Waals surface area contributed by atoms with Gasteiger partial charge in [0.05, 0.1) is 0 Å². The fourth-order valence-electron chi connectivity index (χ4n) is 2.48. The zero-order valence-electron chi connectivity index (χ0n) is 15.8. The molecule has 0 aliphatic rings.